The molecule has 2 atom stereocenters. The van der Waals surface area contributed by atoms with Crippen LogP contribution in [0.5, 0.6) is 0 Å². The summed E-state index contributed by atoms with van der Waals surface area (Å²) < 4.78 is 34.4. The van der Waals surface area contributed by atoms with E-state index in [2.05, 4.69) is 86.8 Å². The Morgan fingerprint density at radius 2 is 0.950 bits per heavy atom. The lowest BCUT2D eigenvalue weighted by Gasteiger charge is -2.24. The van der Waals surface area contributed by atoms with Crippen molar-refractivity contribution in [3.8, 4) is 0 Å². The second-order valence-corrected chi connectivity index (χ2v) is 18.2. The Balaban J connectivity index is 4.36. The molecule has 0 aromatic carbocycles. The fraction of sp³-hybridized carbons (Fsp3) is 0.720. The molecule has 0 aliphatic rings. The minimum atomic E-state index is -4.39. The Labute approximate surface area is 368 Å². The first-order valence-corrected chi connectivity index (χ1v) is 25.2. The largest absolute Gasteiger partial charge is 0.472 e. The van der Waals surface area contributed by atoms with Crippen LogP contribution < -0.4 is 0 Å². The van der Waals surface area contributed by atoms with E-state index in [9.17, 15) is 19.0 Å². The minimum absolute atomic E-state index is 0.0224. The molecule has 0 aliphatic carbocycles. The number of unbranched alkanes of at least 4 members (excludes halogenated alkanes) is 16. The molecule has 346 valence electrons. The molecule has 0 heterocycles. The van der Waals surface area contributed by atoms with E-state index in [-0.39, 0.29) is 32.0 Å². The highest BCUT2D eigenvalue weighted by atomic mass is 31.2. The van der Waals surface area contributed by atoms with Gasteiger partial charge in [-0.2, -0.15) is 0 Å². The van der Waals surface area contributed by atoms with E-state index in [0.717, 1.165) is 83.5 Å². The molecular weight excluding hydrogens is 774 g/mol. The van der Waals surface area contributed by atoms with Crippen LogP contribution >= 0.6 is 7.82 Å². The second kappa shape index (κ2) is 41.8. The number of phosphoric ester groups is 1. The molecule has 0 saturated heterocycles. The van der Waals surface area contributed by atoms with Gasteiger partial charge >= 0.3 is 19.8 Å². The molecule has 0 rings (SSSR count). The highest BCUT2D eigenvalue weighted by molar-refractivity contribution is 7.47. The van der Waals surface area contributed by atoms with E-state index in [0.29, 0.717) is 17.4 Å². The Morgan fingerprint density at radius 3 is 1.42 bits per heavy atom. The number of likely N-dealkylation sites (N-methyl/N-ethyl adjacent to an activating group) is 1. The van der Waals surface area contributed by atoms with Gasteiger partial charge in [0.2, 0.25) is 0 Å². The van der Waals surface area contributed by atoms with Crippen LogP contribution in [0, 0.1) is 0 Å². The molecule has 0 bridgehead atoms. The lowest BCUT2D eigenvalue weighted by atomic mass is 10.1. The first kappa shape index (κ1) is 57.4. The predicted molar refractivity (Wildman–Crippen MR) is 252 cm³/mol. The van der Waals surface area contributed by atoms with Crippen molar-refractivity contribution in [3.63, 3.8) is 0 Å². The Hall–Kier alpha value is -2.55. The average molecular weight is 863 g/mol. The highest BCUT2D eigenvalue weighted by Gasteiger charge is 2.27. The summed E-state index contributed by atoms with van der Waals surface area (Å²) in [5.74, 6) is -0.835. The predicted octanol–water partition coefficient (Wildman–Crippen LogP) is 13.8. The van der Waals surface area contributed by atoms with Crippen LogP contribution in [-0.4, -0.2) is 74.9 Å². The molecule has 10 heteroatoms. The average Bonchev–Trinajstić information content (AvgIpc) is 3.20. The van der Waals surface area contributed by atoms with Crippen molar-refractivity contribution < 1.29 is 42.1 Å². The number of carbonyl (C=O) groups is 2. The highest BCUT2D eigenvalue weighted by Crippen LogP contribution is 2.43. The number of carbonyl (C=O) groups excluding carboxylic acids is 2. The van der Waals surface area contributed by atoms with E-state index < -0.39 is 26.5 Å². The maximum absolute atomic E-state index is 12.7. The second-order valence-electron chi connectivity index (χ2n) is 16.8. The maximum Gasteiger partial charge on any atom is 0.472 e. The van der Waals surface area contributed by atoms with Crippen LogP contribution in [0.25, 0.3) is 0 Å². The molecule has 0 fully saturated rings. The van der Waals surface area contributed by atoms with Crippen molar-refractivity contribution in [1.29, 1.82) is 0 Å². The summed E-state index contributed by atoms with van der Waals surface area (Å²) >= 11 is 0. The van der Waals surface area contributed by atoms with E-state index >= 15 is 0 Å². The number of allylic oxidation sites excluding steroid dienone is 12. The minimum Gasteiger partial charge on any atom is -0.462 e. The standard InChI is InChI=1S/C50H88NO8P/c1-6-8-10-12-14-16-18-20-22-24-25-27-28-30-32-34-36-38-40-42-49(52)56-46-48(47-58-60(54,55)57-45-44-51(3,4)5)59-50(53)43-41-39-37-35-33-31-29-26-23-21-19-17-15-13-11-9-7-2/h9,11,14-17,20-23,29,31,48H,6-8,10,12-13,18-19,24-28,30,32-47H2,1-5H3/p+1/b11-9-,16-14-,17-15-,22-20-,23-21-,31-29-/t48-/m1/s1. The fourth-order valence-electron chi connectivity index (χ4n) is 6.03. The molecule has 1 N–H and O–H groups in total. The summed E-state index contributed by atoms with van der Waals surface area (Å²) in [4.78, 5) is 35.5. The van der Waals surface area contributed by atoms with Gasteiger partial charge in [0.25, 0.3) is 0 Å². The van der Waals surface area contributed by atoms with Gasteiger partial charge in [-0.15, -0.1) is 0 Å². The lowest BCUT2D eigenvalue weighted by Crippen LogP contribution is -2.37. The SMILES string of the molecule is CC/C=C\C/C=C\C/C=C\C/C=C\CCCCCCC(=O)O[C@H](COC(=O)CCCCCCCCCCC/C=C\C/C=C\CCCCC)COP(=O)(O)OCC[N+](C)(C)C. The lowest BCUT2D eigenvalue weighted by molar-refractivity contribution is -0.870. The van der Waals surface area contributed by atoms with Crippen LogP contribution in [0.15, 0.2) is 72.9 Å². The zero-order chi connectivity index (χ0) is 44.3. The summed E-state index contributed by atoms with van der Waals surface area (Å²) in [5.41, 5.74) is 0. The van der Waals surface area contributed by atoms with Crippen LogP contribution in [0.2, 0.25) is 0 Å². The van der Waals surface area contributed by atoms with Crippen molar-refractivity contribution in [2.75, 3.05) is 47.5 Å². The van der Waals surface area contributed by atoms with Gasteiger partial charge < -0.3 is 18.9 Å². The Morgan fingerprint density at radius 1 is 0.533 bits per heavy atom. The molecule has 0 aromatic heterocycles. The van der Waals surface area contributed by atoms with Crippen molar-refractivity contribution in [3.05, 3.63) is 72.9 Å². The van der Waals surface area contributed by atoms with Gasteiger partial charge in [-0.1, -0.05) is 157 Å². The van der Waals surface area contributed by atoms with E-state index in [4.69, 9.17) is 18.5 Å². The van der Waals surface area contributed by atoms with Crippen molar-refractivity contribution in [2.24, 2.45) is 0 Å². The monoisotopic (exact) mass is 863 g/mol. The zero-order valence-electron chi connectivity index (χ0n) is 38.9. The van der Waals surface area contributed by atoms with Crippen molar-refractivity contribution in [1.82, 2.24) is 0 Å². The third-order valence-electron chi connectivity index (χ3n) is 9.72. The summed E-state index contributed by atoms with van der Waals surface area (Å²) in [6.45, 7) is 4.24. The molecule has 0 amide bonds. The van der Waals surface area contributed by atoms with Crippen LogP contribution in [0.3, 0.4) is 0 Å². The number of phosphoric acid groups is 1. The maximum atomic E-state index is 12.7. The molecule has 9 nitrogen and oxygen atoms in total. The number of rotatable bonds is 42. The topological polar surface area (TPSA) is 108 Å². The first-order chi connectivity index (χ1) is 29.0. The van der Waals surface area contributed by atoms with Gasteiger partial charge in [0.05, 0.1) is 27.7 Å². The zero-order valence-corrected chi connectivity index (χ0v) is 39.8. The Kier molecular flexibility index (Phi) is 40.0. The third-order valence-corrected chi connectivity index (χ3v) is 10.7. The number of hydrogen-bond donors (Lipinski definition) is 1. The third kappa shape index (κ3) is 45.0. The van der Waals surface area contributed by atoms with Gasteiger partial charge in [0, 0.05) is 12.8 Å². The quantitative estimate of drug-likeness (QED) is 0.0212. The summed E-state index contributed by atoms with van der Waals surface area (Å²) in [6.07, 6.45) is 52.3. The number of esters is 2. The molecule has 0 aromatic rings. The fourth-order valence-corrected chi connectivity index (χ4v) is 6.78. The molecule has 0 radical (unpaired) electrons. The normalized spacial score (nSPS) is 14.2. The van der Waals surface area contributed by atoms with Crippen LogP contribution in [0.4, 0.5) is 0 Å². The van der Waals surface area contributed by atoms with E-state index in [1.54, 1.807) is 0 Å². The molecule has 0 saturated carbocycles. The number of quaternary nitrogens is 1. The number of hydrogen-bond acceptors (Lipinski definition) is 7. The molecular formula is C50H89NO8P+. The van der Waals surface area contributed by atoms with Gasteiger partial charge in [-0.05, 0) is 83.5 Å². The summed E-state index contributed by atoms with van der Waals surface area (Å²) in [5, 5.41) is 0. The van der Waals surface area contributed by atoms with E-state index in [1.807, 2.05) is 21.1 Å². The summed E-state index contributed by atoms with van der Waals surface area (Å²) in [6, 6.07) is 0. The van der Waals surface area contributed by atoms with E-state index in [1.165, 1.54) is 64.2 Å². The molecule has 60 heavy (non-hydrogen) atoms. The van der Waals surface area contributed by atoms with Crippen molar-refractivity contribution in [2.45, 2.75) is 187 Å². The van der Waals surface area contributed by atoms with Gasteiger partial charge in [0.1, 0.15) is 19.8 Å². The van der Waals surface area contributed by atoms with Gasteiger partial charge in [-0.3, -0.25) is 18.6 Å². The first-order valence-electron chi connectivity index (χ1n) is 23.7. The molecule has 1 unspecified atom stereocenters. The van der Waals surface area contributed by atoms with Crippen molar-refractivity contribution >= 4 is 19.8 Å². The smallest absolute Gasteiger partial charge is 0.462 e. The molecule has 0 aliphatic heterocycles. The van der Waals surface area contributed by atoms with Crippen LogP contribution in [0.1, 0.15) is 181 Å². The van der Waals surface area contributed by atoms with Gasteiger partial charge in [-0.25, -0.2) is 4.57 Å². The Bertz CT molecular complexity index is 1250. The summed E-state index contributed by atoms with van der Waals surface area (Å²) in [7, 11) is 1.45. The number of nitrogens with zero attached hydrogens (tertiary/aromatic N) is 1. The van der Waals surface area contributed by atoms with Crippen LogP contribution in [-0.2, 0) is 32.7 Å². The van der Waals surface area contributed by atoms with Gasteiger partial charge in [0.15, 0.2) is 6.10 Å². The molecule has 0 spiro atoms. The number of ether oxygens (including phenoxy) is 2.